The topological polar surface area (TPSA) is 61.1 Å². The first-order valence-corrected chi connectivity index (χ1v) is 4.47. The largest absolute Gasteiger partial charge is 0.478 e. The van der Waals surface area contributed by atoms with Gasteiger partial charge in [-0.2, -0.15) is 5.26 Å². The quantitative estimate of drug-likeness (QED) is 0.746. The Morgan fingerprint density at radius 1 is 1.47 bits per heavy atom. The third kappa shape index (κ3) is 2.68. The lowest BCUT2D eigenvalue weighted by molar-refractivity contribution is -0.131. The Morgan fingerprint density at radius 3 is 2.67 bits per heavy atom. The lowest BCUT2D eigenvalue weighted by Crippen LogP contribution is -1.91. The van der Waals surface area contributed by atoms with Gasteiger partial charge in [0.25, 0.3) is 0 Å². The summed E-state index contributed by atoms with van der Waals surface area (Å²) in [6.45, 7) is 3.76. The Bertz CT molecular complexity index is 467. The maximum atomic E-state index is 10.4. The molecule has 0 aromatic heterocycles. The molecule has 0 saturated carbocycles. The van der Waals surface area contributed by atoms with Crippen molar-refractivity contribution in [2.24, 2.45) is 0 Å². The molecule has 0 heterocycles. The minimum absolute atomic E-state index is 0.505. The van der Waals surface area contributed by atoms with Crippen molar-refractivity contribution in [1.82, 2.24) is 0 Å². The zero-order chi connectivity index (χ0) is 11.4. The number of rotatable bonds is 2. The summed E-state index contributed by atoms with van der Waals surface area (Å²) in [6, 6.07) is 5.72. The van der Waals surface area contributed by atoms with Gasteiger partial charge >= 0.3 is 5.97 Å². The Labute approximate surface area is 88.3 Å². The second kappa shape index (κ2) is 4.43. The van der Waals surface area contributed by atoms with Crippen molar-refractivity contribution in [3.63, 3.8) is 0 Å². The first-order chi connectivity index (χ1) is 7.04. The molecular weight excluding hydrogens is 190 g/mol. The third-order valence-electron chi connectivity index (χ3n) is 2.04. The van der Waals surface area contributed by atoms with E-state index in [4.69, 9.17) is 10.4 Å². The molecule has 0 aliphatic rings. The molecule has 0 amide bonds. The van der Waals surface area contributed by atoms with Crippen molar-refractivity contribution in [3.05, 3.63) is 40.5 Å². The van der Waals surface area contributed by atoms with E-state index in [1.807, 2.05) is 19.9 Å². The second-order valence-electron chi connectivity index (χ2n) is 3.33. The van der Waals surface area contributed by atoms with E-state index >= 15 is 0 Å². The zero-order valence-electron chi connectivity index (χ0n) is 8.61. The van der Waals surface area contributed by atoms with Gasteiger partial charge in [-0.1, -0.05) is 6.07 Å². The highest BCUT2D eigenvalue weighted by Crippen LogP contribution is 2.17. The molecule has 0 bridgehead atoms. The average Bonchev–Trinajstić information content (AvgIpc) is 2.14. The van der Waals surface area contributed by atoms with Crippen LogP contribution in [0.2, 0.25) is 0 Å². The number of carboxylic acids is 1. The van der Waals surface area contributed by atoms with E-state index in [0.29, 0.717) is 11.1 Å². The molecule has 1 N–H and O–H groups in total. The van der Waals surface area contributed by atoms with Gasteiger partial charge in [-0.15, -0.1) is 0 Å². The van der Waals surface area contributed by atoms with Crippen molar-refractivity contribution < 1.29 is 9.90 Å². The van der Waals surface area contributed by atoms with E-state index in [-0.39, 0.29) is 0 Å². The first-order valence-electron chi connectivity index (χ1n) is 4.47. The highest BCUT2D eigenvalue weighted by atomic mass is 16.4. The molecule has 15 heavy (non-hydrogen) atoms. The molecule has 0 aliphatic heterocycles. The van der Waals surface area contributed by atoms with Crippen LogP contribution in [0.5, 0.6) is 0 Å². The maximum Gasteiger partial charge on any atom is 0.328 e. The summed E-state index contributed by atoms with van der Waals surface area (Å²) in [6.07, 6.45) is 2.49. The van der Waals surface area contributed by atoms with Crippen molar-refractivity contribution in [2.75, 3.05) is 0 Å². The standard InChI is InChI=1S/C12H11NO2/c1-8-5-9(2)11(3-4-12(14)15)10(6-8)7-13/h3-6H,1-2H3,(H,14,15)/b4-3+. The van der Waals surface area contributed by atoms with Crippen LogP contribution in [0.4, 0.5) is 0 Å². The predicted octanol–water partition coefficient (Wildman–Crippen LogP) is 2.27. The van der Waals surface area contributed by atoms with Crippen LogP contribution in [0.3, 0.4) is 0 Å². The van der Waals surface area contributed by atoms with Crippen LogP contribution in [0, 0.1) is 25.2 Å². The van der Waals surface area contributed by atoms with E-state index in [0.717, 1.165) is 17.2 Å². The smallest absolute Gasteiger partial charge is 0.328 e. The van der Waals surface area contributed by atoms with Crippen LogP contribution in [0.25, 0.3) is 6.08 Å². The molecule has 1 rings (SSSR count). The molecule has 1 aromatic carbocycles. The summed E-state index contributed by atoms with van der Waals surface area (Å²) >= 11 is 0. The zero-order valence-corrected chi connectivity index (χ0v) is 8.61. The Balaban J connectivity index is 3.28. The number of aryl methyl sites for hydroxylation is 2. The lowest BCUT2D eigenvalue weighted by atomic mass is 9.99. The van der Waals surface area contributed by atoms with Crippen LogP contribution < -0.4 is 0 Å². The number of nitriles is 1. The molecule has 0 radical (unpaired) electrons. The second-order valence-corrected chi connectivity index (χ2v) is 3.33. The monoisotopic (exact) mass is 201 g/mol. The number of benzene rings is 1. The fraction of sp³-hybridized carbons (Fsp3) is 0.167. The molecule has 0 fully saturated rings. The first kappa shape index (κ1) is 11.0. The summed E-state index contributed by atoms with van der Waals surface area (Å²) in [5.74, 6) is -1.01. The summed E-state index contributed by atoms with van der Waals surface area (Å²) in [7, 11) is 0. The van der Waals surface area contributed by atoms with Crippen LogP contribution >= 0.6 is 0 Å². The summed E-state index contributed by atoms with van der Waals surface area (Å²) < 4.78 is 0. The summed E-state index contributed by atoms with van der Waals surface area (Å²) in [4.78, 5) is 10.4. The molecule has 0 spiro atoms. The third-order valence-corrected chi connectivity index (χ3v) is 2.04. The Kier molecular flexibility index (Phi) is 3.25. The number of nitrogens with zero attached hydrogens (tertiary/aromatic N) is 1. The van der Waals surface area contributed by atoms with Gasteiger partial charge in [0.2, 0.25) is 0 Å². The van der Waals surface area contributed by atoms with Gasteiger partial charge in [-0.05, 0) is 42.7 Å². The molecule has 3 heteroatoms. The van der Waals surface area contributed by atoms with E-state index in [1.54, 1.807) is 6.07 Å². The molecule has 76 valence electrons. The fourth-order valence-electron chi connectivity index (χ4n) is 1.45. The van der Waals surface area contributed by atoms with Crippen LogP contribution in [-0.4, -0.2) is 11.1 Å². The number of hydrogen-bond acceptors (Lipinski definition) is 2. The molecule has 0 saturated heterocycles. The lowest BCUT2D eigenvalue weighted by Gasteiger charge is -2.04. The van der Waals surface area contributed by atoms with Crippen LogP contribution in [0.15, 0.2) is 18.2 Å². The maximum absolute atomic E-state index is 10.4. The number of hydrogen-bond donors (Lipinski definition) is 1. The highest BCUT2D eigenvalue weighted by molar-refractivity contribution is 5.86. The summed E-state index contributed by atoms with van der Waals surface area (Å²) in [5.41, 5.74) is 3.08. The van der Waals surface area contributed by atoms with Gasteiger partial charge in [-0.3, -0.25) is 0 Å². The Hall–Kier alpha value is -2.08. The van der Waals surface area contributed by atoms with E-state index in [2.05, 4.69) is 6.07 Å². The Morgan fingerprint density at radius 2 is 2.13 bits per heavy atom. The van der Waals surface area contributed by atoms with E-state index in [9.17, 15) is 4.79 Å². The highest BCUT2D eigenvalue weighted by Gasteiger charge is 2.03. The average molecular weight is 201 g/mol. The van der Waals surface area contributed by atoms with Gasteiger partial charge in [0.15, 0.2) is 0 Å². The van der Waals surface area contributed by atoms with Crippen molar-refractivity contribution in [2.45, 2.75) is 13.8 Å². The number of carboxylic acid groups (broad SMARTS) is 1. The molecule has 3 nitrogen and oxygen atoms in total. The minimum Gasteiger partial charge on any atom is -0.478 e. The normalized spacial score (nSPS) is 10.2. The van der Waals surface area contributed by atoms with Gasteiger partial charge < -0.3 is 5.11 Å². The van der Waals surface area contributed by atoms with Crippen molar-refractivity contribution in [1.29, 1.82) is 5.26 Å². The van der Waals surface area contributed by atoms with Crippen LogP contribution in [-0.2, 0) is 4.79 Å². The SMILES string of the molecule is Cc1cc(C)c(/C=C/C(=O)O)c(C#N)c1. The summed E-state index contributed by atoms with van der Waals surface area (Å²) in [5, 5.41) is 17.4. The van der Waals surface area contributed by atoms with Gasteiger partial charge in [0.1, 0.15) is 0 Å². The van der Waals surface area contributed by atoms with Gasteiger partial charge in [-0.25, -0.2) is 4.79 Å². The number of carbonyl (C=O) groups is 1. The van der Waals surface area contributed by atoms with E-state index < -0.39 is 5.97 Å². The van der Waals surface area contributed by atoms with E-state index in [1.165, 1.54) is 6.08 Å². The molecule has 0 aliphatic carbocycles. The molecular formula is C12H11NO2. The minimum atomic E-state index is -1.01. The van der Waals surface area contributed by atoms with Crippen molar-refractivity contribution >= 4 is 12.0 Å². The van der Waals surface area contributed by atoms with Gasteiger partial charge in [0.05, 0.1) is 11.6 Å². The van der Waals surface area contributed by atoms with Gasteiger partial charge in [0, 0.05) is 6.08 Å². The fourth-order valence-corrected chi connectivity index (χ4v) is 1.45. The molecule has 0 unspecified atom stereocenters. The number of aliphatic carboxylic acids is 1. The van der Waals surface area contributed by atoms with Crippen LogP contribution in [0.1, 0.15) is 22.3 Å². The van der Waals surface area contributed by atoms with Crippen molar-refractivity contribution in [3.8, 4) is 6.07 Å². The predicted molar refractivity (Wildman–Crippen MR) is 57.3 cm³/mol. The molecule has 0 atom stereocenters. The molecule has 1 aromatic rings.